The Morgan fingerprint density at radius 2 is 2.12 bits per heavy atom. The van der Waals surface area contributed by atoms with E-state index < -0.39 is 0 Å². The molecule has 2 saturated heterocycles. The van der Waals surface area contributed by atoms with Crippen molar-refractivity contribution in [2.24, 2.45) is 11.7 Å². The van der Waals surface area contributed by atoms with Gasteiger partial charge in [-0.2, -0.15) is 0 Å². The topological polar surface area (TPSA) is 66.6 Å². The van der Waals surface area contributed by atoms with Crippen molar-refractivity contribution >= 4 is 24.2 Å². The summed E-state index contributed by atoms with van der Waals surface area (Å²) in [5.41, 5.74) is 5.84. The van der Waals surface area contributed by atoms with E-state index in [-0.39, 0.29) is 36.2 Å². The summed E-state index contributed by atoms with van der Waals surface area (Å²) in [5, 5.41) is 0. The minimum atomic E-state index is -0.150. The number of carbonyl (C=O) groups excluding carboxylic acids is 2. The van der Waals surface area contributed by atoms with E-state index in [1.54, 1.807) is 11.9 Å². The minimum absolute atomic E-state index is 0. The molecule has 2 aliphatic heterocycles. The van der Waals surface area contributed by atoms with Crippen LogP contribution in [0.1, 0.15) is 19.3 Å². The zero-order chi connectivity index (χ0) is 11.7. The zero-order valence-corrected chi connectivity index (χ0v) is 10.9. The molecule has 2 unspecified atom stereocenters. The molecule has 0 aliphatic carbocycles. The maximum Gasteiger partial charge on any atom is 0.228 e. The molecular formula is C11H20ClN3O2. The SMILES string of the molecule is CN1CC(C(=O)N2CCCC(N)C2)CC1=O.Cl. The van der Waals surface area contributed by atoms with E-state index in [0.29, 0.717) is 19.5 Å². The summed E-state index contributed by atoms with van der Waals surface area (Å²) in [5.74, 6) is 0.0234. The summed E-state index contributed by atoms with van der Waals surface area (Å²) in [6.07, 6.45) is 2.33. The Bertz CT molecular complexity index is 311. The van der Waals surface area contributed by atoms with Gasteiger partial charge in [0.2, 0.25) is 11.8 Å². The summed E-state index contributed by atoms with van der Waals surface area (Å²) >= 11 is 0. The Morgan fingerprint density at radius 3 is 2.65 bits per heavy atom. The van der Waals surface area contributed by atoms with Crippen molar-refractivity contribution < 1.29 is 9.59 Å². The Morgan fingerprint density at radius 1 is 1.41 bits per heavy atom. The van der Waals surface area contributed by atoms with Gasteiger partial charge < -0.3 is 15.5 Å². The first-order valence-electron chi connectivity index (χ1n) is 5.86. The predicted octanol–water partition coefficient (Wildman–Crippen LogP) is -0.164. The monoisotopic (exact) mass is 261 g/mol. The number of amides is 2. The Hall–Kier alpha value is -0.810. The van der Waals surface area contributed by atoms with Crippen molar-refractivity contribution in [3.05, 3.63) is 0 Å². The molecule has 0 bridgehead atoms. The van der Waals surface area contributed by atoms with E-state index in [4.69, 9.17) is 5.73 Å². The van der Waals surface area contributed by atoms with Crippen LogP contribution >= 0.6 is 12.4 Å². The van der Waals surface area contributed by atoms with Crippen molar-refractivity contribution in [2.75, 3.05) is 26.7 Å². The van der Waals surface area contributed by atoms with Gasteiger partial charge in [0.05, 0.1) is 5.92 Å². The number of carbonyl (C=O) groups is 2. The third kappa shape index (κ3) is 3.10. The van der Waals surface area contributed by atoms with Crippen LogP contribution in [-0.2, 0) is 9.59 Å². The van der Waals surface area contributed by atoms with E-state index in [1.807, 2.05) is 4.90 Å². The van der Waals surface area contributed by atoms with Crippen LogP contribution in [-0.4, -0.2) is 54.3 Å². The fourth-order valence-corrected chi connectivity index (χ4v) is 2.50. The number of halogens is 1. The molecule has 2 fully saturated rings. The number of likely N-dealkylation sites (tertiary alicyclic amines) is 2. The van der Waals surface area contributed by atoms with Gasteiger partial charge in [0.15, 0.2) is 0 Å². The summed E-state index contributed by atoms with van der Waals surface area (Å²) in [6, 6.07) is 0.104. The maximum absolute atomic E-state index is 12.1. The number of nitrogens with zero attached hydrogens (tertiary/aromatic N) is 2. The molecule has 0 saturated carbocycles. The van der Waals surface area contributed by atoms with E-state index in [1.165, 1.54) is 0 Å². The number of piperidine rings is 1. The van der Waals surface area contributed by atoms with E-state index in [9.17, 15) is 9.59 Å². The van der Waals surface area contributed by atoms with Gasteiger partial charge >= 0.3 is 0 Å². The molecule has 0 radical (unpaired) electrons. The van der Waals surface area contributed by atoms with Gasteiger partial charge in [0, 0.05) is 39.1 Å². The summed E-state index contributed by atoms with van der Waals surface area (Å²) < 4.78 is 0. The van der Waals surface area contributed by atoms with Crippen LogP contribution in [0.2, 0.25) is 0 Å². The van der Waals surface area contributed by atoms with Gasteiger partial charge in [-0.25, -0.2) is 0 Å². The second-order valence-electron chi connectivity index (χ2n) is 4.86. The predicted molar refractivity (Wildman–Crippen MR) is 66.8 cm³/mol. The molecule has 0 aromatic rings. The fraction of sp³-hybridized carbons (Fsp3) is 0.818. The summed E-state index contributed by atoms with van der Waals surface area (Å²) in [6.45, 7) is 2.00. The lowest BCUT2D eigenvalue weighted by atomic mass is 10.0. The lowest BCUT2D eigenvalue weighted by Gasteiger charge is -2.32. The molecule has 2 N–H and O–H groups in total. The van der Waals surface area contributed by atoms with Crippen LogP contribution in [0.15, 0.2) is 0 Å². The van der Waals surface area contributed by atoms with Crippen LogP contribution in [0.25, 0.3) is 0 Å². The standard InChI is InChI=1S/C11H19N3O2.ClH/c1-13-6-8(5-10(13)15)11(16)14-4-2-3-9(12)7-14;/h8-9H,2-7,12H2,1H3;1H. The molecule has 0 spiro atoms. The fourth-order valence-electron chi connectivity index (χ4n) is 2.50. The van der Waals surface area contributed by atoms with Crippen LogP contribution < -0.4 is 5.73 Å². The van der Waals surface area contributed by atoms with Crippen LogP contribution in [0.3, 0.4) is 0 Å². The summed E-state index contributed by atoms with van der Waals surface area (Å²) in [4.78, 5) is 27.0. The van der Waals surface area contributed by atoms with Crippen LogP contribution in [0.4, 0.5) is 0 Å². The van der Waals surface area contributed by atoms with Crippen molar-refractivity contribution in [3.63, 3.8) is 0 Å². The number of nitrogens with two attached hydrogens (primary N) is 1. The van der Waals surface area contributed by atoms with Crippen LogP contribution in [0, 0.1) is 5.92 Å². The zero-order valence-electron chi connectivity index (χ0n) is 10.1. The second-order valence-corrected chi connectivity index (χ2v) is 4.86. The second kappa shape index (κ2) is 5.69. The molecule has 2 amide bonds. The van der Waals surface area contributed by atoms with Gasteiger partial charge in [-0.3, -0.25) is 9.59 Å². The Kier molecular flexibility index (Phi) is 4.77. The molecule has 5 nitrogen and oxygen atoms in total. The van der Waals surface area contributed by atoms with Gasteiger partial charge in [-0.1, -0.05) is 0 Å². The largest absolute Gasteiger partial charge is 0.345 e. The highest BCUT2D eigenvalue weighted by Crippen LogP contribution is 2.20. The normalized spacial score (nSPS) is 29.2. The smallest absolute Gasteiger partial charge is 0.228 e. The molecule has 2 atom stereocenters. The average molecular weight is 262 g/mol. The molecule has 17 heavy (non-hydrogen) atoms. The van der Waals surface area contributed by atoms with Crippen LogP contribution in [0.5, 0.6) is 0 Å². The first kappa shape index (κ1) is 14.3. The van der Waals surface area contributed by atoms with E-state index in [2.05, 4.69) is 0 Å². The third-order valence-electron chi connectivity index (χ3n) is 3.46. The molecule has 6 heteroatoms. The molecular weight excluding hydrogens is 242 g/mol. The highest BCUT2D eigenvalue weighted by atomic mass is 35.5. The van der Waals surface area contributed by atoms with E-state index in [0.717, 1.165) is 19.4 Å². The van der Waals surface area contributed by atoms with Gasteiger partial charge in [-0.15, -0.1) is 12.4 Å². The highest BCUT2D eigenvalue weighted by Gasteiger charge is 2.35. The molecule has 2 rings (SSSR count). The lowest BCUT2D eigenvalue weighted by Crippen LogP contribution is -2.48. The maximum atomic E-state index is 12.1. The van der Waals surface area contributed by atoms with Crippen molar-refractivity contribution in [1.82, 2.24) is 9.80 Å². The molecule has 0 aromatic carbocycles. The summed E-state index contributed by atoms with van der Waals surface area (Å²) in [7, 11) is 1.75. The first-order chi connectivity index (χ1) is 7.58. The Balaban J connectivity index is 0.00000144. The average Bonchev–Trinajstić information content (AvgIpc) is 2.58. The van der Waals surface area contributed by atoms with Crippen molar-refractivity contribution in [2.45, 2.75) is 25.3 Å². The van der Waals surface area contributed by atoms with Crippen molar-refractivity contribution in [3.8, 4) is 0 Å². The number of rotatable bonds is 1. The third-order valence-corrected chi connectivity index (χ3v) is 3.46. The van der Waals surface area contributed by atoms with Crippen molar-refractivity contribution in [1.29, 1.82) is 0 Å². The lowest BCUT2D eigenvalue weighted by molar-refractivity contribution is -0.137. The molecule has 2 heterocycles. The van der Waals surface area contributed by atoms with Gasteiger partial charge in [0.1, 0.15) is 0 Å². The first-order valence-corrected chi connectivity index (χ1v) is 5.86. The molecule has 98 valence electrons. The molecule has 0 aromatic heterocycles. The number of hydrogen-bond donors (Lipinski definition) is 1. The number of hydrogen-bond acceptors (Lipinski definition) is 3. The van der Waals surface area contributed by atoms with E-state index >= 15 is 0 Å². The van der Waals surface area contributed by atoms with Gasteiger partial charge in [0.25, 0.3) is 0 Å². The molecule has 2 aliphatic rings. The van der Waals surface area contributed by atoms with Gasteiger partial charge in [-0.05, 0) is 12.8 Å². The Labute approximate surface area is 108 Å². The minimum Gasteiger partial charge on any atom is -0.345 e. The highest BCUT2D eigenvalue weighted by molar-refractivity contribution is 5.89. The quantitative estimate of drug-likeness (QED) is 0.713.